The normalized spacial score (nSPS) is 17.4. The van der Waals surface area contributed by atoms with E-state index in [2.05, 4.69) is 10.1 Å². The summed E-state index contributed by atoms with van der Waals surface area (Å²) in [6.07, 6.45) is 2.09. The molecule has 0 bridgehead atoms. The Bertz CT molecular complexity index is 735. The van der Waals surface area contributed by atoms with Crippen molar-refractivity contribution in [1.29, 1.82) is 0 Å². The van der Waals surface area contributed by atoms with Crippen molar-refractivity contribution in [1.82, 2.24) is 14.4 Å². The summed E-state index contributed by atoms with van der Waals surface area (Å²) in [7, 11) is -3.11. The van der Waals surface area contributed by atoms with Gasteiger partial charge in [0.05, 0.1) is 5.75 Å². The Morgan fingerprint density at radius 2 is 1.91 bits per heavy atom. The summed E-state index contributed by atoms with van der Waals surface area (Å²) in [5.74, 6) is 1.54. The standard InChI is InChI=1S/C16H21N3O3S/c1-2-12-23(20,21)19-10-8-14(9-11-19)16-17-15(18-22-16)13-6-4-3-5-7-13/h3-7,14H,2,8-12H2,1H3. The number of sulfonamides is 1. The van der Waals surface area contributed by atoms with E-state index in [1.54, 1.807) is 4.31 Å². The van der Waals surface area contributed by atoms with Crippen molar-refractivity contribution >= 4 is 10.0 Å². The molecule has 0 N–H and O–H groups in total. The molecule has 1 aliphatic rings. The average molecular weight is 335 g/mol. The SMILES string of the molecule is CCCS(=O)(=O)N1CCC(c2nc(-c3ccccc3)no2)CC1. The van der Waals surface area contributed by atoms with Crippen molar-refractivity contribution < 1.29 is 12.9 Å². The number of hydrogen-bond acceptors (Lipinski definition) is 5. The molecule has 2 heterocycles. The predicted octanol–water partition coefficient (Wildman–Crippen LogP) is 2.66. The summed E-state index contributed by atoms with van der Waals surface area (Å²) >= 11 is 0. The second-order valence-electron chi connectivity index (χ2n) is 5.81. The van der Waals surface area contributed by atoms with E-state index in [0.29, 0.717) is 31.2 Å². The Morgan fingerprint density at radius 1 is 1.22 bits per heavy atom. The average Bonchev–Trinajstić information content (AvgIpc) is 3.06. The third kappa shape index (κ3) is 3.61. The summed E-state index contributed by atoms with van der Waals surface area (Å²) in [5, 5.41) is 4.04. The lowest BCUT2D eigenvalue weighted by Gasteiger charge is -2.29. The summed E-state index contributed by atoms with van der Waals surface area (Å²) in [6, 6.07) is 9.69. The van der Waals surface area contributed by atoms with Crippen LogP contribution in [0.15, 0.2) is 34.9 Å². The lowest BCUT2D eigenvalue weighted by atomic mass is 9.98. The highest BCUT2D eigenvalue weighted by Gasteiger charge is 2.30. The highest BCUT2D eigenvalue weighted by Crippen LogP contribution is 2.29. The summed E-state index contributed by atoms with van der Waals surface area (Å²) < 4.78 is 31.2. The van der Waals surface area contributed by atoms with Gasteiger partial charge in [-0.25, -0.2) is 12.7 Å². The molecule has 23 heavy (non-hydrogen) atoms. The minimum atomic E-state index is -3.11. The lowest BCUT2D eigenvalue weighted by molar-refractivity contribution is 0.270. The smallest absolute Gasteiger partial charge is 0.230 e. The van der Waals surface area contributed by atoms with E-state index in [-0.39, 0.29) is 11.7 Å². The van der Waals surface area contributed by atoms with Gasteiger partial charge in [0.15, 0.2) is 0 Å². The fourth-order valence-electron chi connectivity index (χ4n) is 2.87. The summed E-state index contributed by atoms with van der Waals surface area (Å²) in [4.78, 5) is 4.48. The number of piperidine rings is 1. The van der Waals surface area contributed by atoms with Crippen LogP contribution in [0.5, 0.6) is 0 Å². The number of rotatable bonds is 5. The molecule has 1 fully saturated rings. The first-order chi connectivity index (χ1) is 11.1. The van der Waals surface area contributed by atoms with Crippen LogP contribution in [-0.2, 0) is 10.0 Å². The maximum atomic E-state index is 12.1. The molecule has 1 aliphatic heterocycles. The quantitative estimate of drug-likeness (QED) is 0.839. The van der Waals surface area contributed by atoms with Gasteiger partial charge >= 0.3 is 0 Å². The molecule has 3 rings (SSSR count). The number of nitrogens with zero attached hydrogens (tertiary/aromatic N) is 3. The monoisotopic (exact) mass is 335 g/mol. The van der Waals surface area contributed by atoms with Crippen LogP contribution in [0.4, 0.5) is 0 Å². The topological polar surface area (TPSA) is 76.3 Å². The second kappa shape index (κ2) is 6.80. The maximum Gasteiger partial charge on any atom is 0.230 e. The molecule has 1 aromatic carbocycles. The zero-order valence-electron chi connectivity index (χ0n) is 13.2. The first kappa shape index (κ1) is 16.1. The number of aromatic nitrogens is 2. The van der Waals surface area contributed by atoms with E-state index in [1.165, 1.54) is 0 Å². The fourth-order valence-corrected chi connectivity index (χ4v) is 4.41. The van der Waals surface area contributed by atoms with E-state index >= 15 is 0 Å². The zero-order valence-corrected chi connectivity index (χ0v) is 14.0. The Kier molecular flexibility index (Phi) is 4.77. The molecule has 2 aromatic rings. The zero-order chi connectivity index (χ0) is 16.3. The van der Waals surface area contributed by atoms with Crippen LogP contribution in [-0.4, -0.2) is 41.7 Å². The predicted molar refractivity (Wildman–Crippen MR) is 87.4 cm³/mol. The van der Waals surface area contributed by atoms with E-state index in [9.17, 15) is 8.42 Å². The van der Waals surface area contributed by atoms with Gasteiger partial charge in [-0.3, -0.25) is 0 Å². The van der Waals surface area contributed by atoms with E-state index in [1.807, 2.05) is 37.3 Å². The molecule has 1 aromatic heterocycles. The molecular weight excluding hydrogens is 314 g/mol. The van der Waals surface area contributed by atoms with Gasteiger partial charge in [0.1, 0.15) is 0 Å². The van der Waals surface area contributed by atoms with Crippen LogP contribution in [0.1, 0.15) is 38.0 Å². The van der Waals surface area contributed by atoms with Gasteiger partial charge < -0.3 is 4.52 Å². The van der Waals surface area contributed by atoms with Crippen LogP contribution in [0.25, 0.3) is 11.4 Å². The molecule has 0 saturated carbocycles. The third-order valence-electron chi connectivity index (χ3n) is 4.13. The van der Waals surface area contributed by atoms with E-state index < -0.39 is 10.0 Å². The Morgan fingerprint density at radius 3 is 2.57 bits per heavy atom. The van der Waals surface area contributed by atoms with Crippen LogP contribution < -0.4 is 0 Å². The maximum absolute atomic E-state index is 12.1. The number of benzene rings is 1. The number of hydrogen-bond donors (Lipinski definition) is 0. The van der Waals surface area contributed by atoms with Crippen LogP contribution in [0, 0.1) is 0 Å². The van der Waals surface area contributed by atoms with Crippen molar-refractivity contribution in [3.05, 3.63) is 36.2 Å². The Labute approximate surface area is 136 Å². The highest BCUT2D eigenvalue weighted by molar-refractivity contribution is 7.89. The third-order valence-corrected chi connectivity index (χ3v) is 6.21. The molecule has 1 saturated heterocycles. The van der Waals surface area contributed by atoms with Crippen LogP contribution in [0.3, 0.4) is 0 Å². The largest absolute Gasteiger partial charge is 0.339 e. The molecule has 6 nitrogen and oxygen atoms in total. The van der Waals surface area contributed by atoms with Gasteiger partial charge in [-0.15, -0.1) is 0 Å². The van der Waals surface area contributed by atoms with Crippen LogP contribution >= 0.6 is 0 Å². The first-order valence-electron chi connectivity index (χ1n) is 7.97. The van der Waals surface area contributed by atoms with Crippen molar-refractivity contribution in [3.8, 4) is 11.4 Å². The molecule has 124 valence electrons. The molecule has 0 aliphatic carbocycles. The second-order valence-corrected chi connectivity index (χ2v) is 7.90. The van der Waals surface area contributed by atoms with Gasteiger partial charge in [-0.1, -0.05) is 42.4 Å². The van der Waals surface area contributed by atoms with E-state index in [4.69, 9.17) is 4.52 Å². The van der Waals surface area contributed by atoms with Gasteiger partial charge in [0.25, 0.3) is 0 Å². The van der Waals surface area contributed by atoms with Gasteiger partial charge in [-0.2, -0.15) is 4.98 Å². The highest BCUT2D eigenvalue weighted by atomic mass is 32.2. The lowest BCUT2D eigenvalue weighted by Crippen LogP contribution is -2.39. The van der Waals surface area contributed by atoms with Crippen molar-refractivity contribution in [2.75, 3.05) is 18.8 Å². The molecule has 0 amide bonds. The van der Waals surface area contributed by atoms with Crippen molar-refractivity contribution in [2.45, 2.75) is 32.1 Å². The summed E-state index contributed by atoms with van der Waals surface area (Å²) in [5.41, 5.74) is 0.922. The van der Waals surface area contributed by atoms with Gasteiger partial charge in [0.2, 0.25) is 21.7 Å². The van der Waals surface area contributed by atoms with Crippen LogP contribution in [0.2, 0.25) is 0 Å². The first-order valence-corrected chi connectivity index (χ1v) is 9.58. The molecule has 0 radical (unpaired) electrons. The minimum absolute atomic E-state index is 0.132. The summed E-state index contributed by atoms with van der Waals surface area (Å²) in [6.45, 7) is 2.93. The van der Waals surface area contributed by atoms with Crippen molar-refractivity contribution in [2.24, 2.45) is 0 Å². The van der Waals surface area contributed by atoms with Gasteiger partial charge in [-0.05, 0) is 19.3 Å². The molecule has 0 unspecified atom stereocenters. The minimum Gasteiger partial charge on any atom is -0.339 e. The van der Waals surface area contributed by atoms with Crippen molar-refractivity contribution in [3.63, 3.8) is 0 Å². The Hall–Kier alpha value is -1.73. The molecule has 0 atom stereocenters. The van der Waals surface area contributed by atoms with E-state index in [0.717, 1.165) is 18.4 Å². The molecule has 7 heteroatoms. The van der Waals surface area contributed by atoms with Gasteiger partial charge in [0, 0.05) is 24.6 Å². The Balaban J connectivity index is 1.66. The molecule has 0 spiro atoms. The molecular formula is C16H21N3O3S. The fraction of sp³-hybridized carbons (Fsp3) is 0.500.